The van der Waals surface area contributed by atoms with Crippen LogP contribution in [0.2, 0.25) is 0 Å². The van der Waals surface area contributed by atoms with Gasteiger partial charge in [-0.3, -0.25) is 0 Å². The number of hydrogen-bond donors (Lipinski definition) is 1. The first-order valence-corrected chi connectivity index (χ1v) is 8.60. The molecule has 2 aromatic carbocycles. The number of methoxy groups -OCH3 is 3. The van der Waals surface area contributed by atoms with E-state index in [0.717, 1.165) is 30.7 Å². The average molecular weight is 356 g/mol. The van der Waals surface area contributed by atoms with Crippen molar-refractivity contribution in [3.05, 3.63) is 48.0 Å². The Kier molecular flexibility index (Phi) is 5.51. The molecule has 0 saturated carbocycles. The van der Waals surface area contributed by atoms with E-state index in [1.165, 1.54) is 0 Å². The molecule has 1 N–H and O–H groups in total. The van der Waals surface area contributed by atoms with Gasteiger partial charge in [-0.1, -0.05) is 12.1 Å². The molecule has 1 aliphatic heterocycles. The zero-order chi connectivity index (χ0) is 18.5. The highest BCUT2D eigenvalue weighted by Gasteiger charge is 2.30. The third kappa shape index (κ3) is 3.69. The van der Waals surface area contributed by atoms with Gasteiger partial charge in [-0.25, -0.2) is 4.79 Å². The molecule has 1 fully saturated rings. The summed E-state index contributed by atoms with van der Waals surface area (Å²) in [6.45, 7) is 0.732. The molecule has 2 aromatic rings. The molecule has 26 heavy (non-hydrogen) atoms. The number of likely N-dealkylation sites (tertiary alicyclic amines) is 1. The van der Waals surface area contributed by atoms with Gasteiger partial charge in [-0.2, -0.15) is 0 Å². The standard InChI is InChI=1S/C20H24N2O4/c1-24-16-9-6-14(7-10-16)17-5-4-12-22(17)20(23)21-15-8-11-18(25-2)19(13-15)26-3/h6-11,13,17H,4-5,12H2,1-3H3,(H,21,23)/t17-/m1/s1. The van der Waals surface area contributed by atoms with Gasteiger partial charge in [0, 0.05) is 18.3 Å². The maximum atomic E-state index is 12.8. The Morgan fingerprint density at radius 3 is 2.38 bits per heavy atom. The van der Waals surface area contributed by atoms with Crippen LogP contribution in [0.1, 0.15) is 24.4 Å². The molecule has 0 radical (unpaired) electrons. The zero-order valence-corrected chi connectivity index (χ0v) is 15.3. The number of nitrogens with zero attached hydrogens (tertiary/aromatic N) is 1. The van der Waals surface area contributed by atoms with Crippen LogP contribution in [0.25, 0.3) is 0 Å². The lowest BCUT2D eigenvalue weighted by molar-refractivity contribution is 0.207. The SMILES string of the molecule is COc1ccc([C@H]2CCCN2C(=O)Nc2ccc(OC)c(OC)c2)cc1. The minimum atomic E-state index is -0.115. The minimum Gasteiger partial charge on any atom is -0.497 e. The lowest BCUT2D eigenvalue weighted by Gasteiger charge is -2.25. The molecular weight excluding hydrogens is 332 g/mol. The summed E-state index contributed by atoms with van der Waals surface area (Å²) >= 11 is 0. The van der Waals surface area contributed by atoms with Crippen LogP contribution in [0, 0.1) is 0 Å². The first-order chi connectivity index (χ1) is 12.7. The Hall–Kier alpha value is -2.89. The van der Waals surface area contributed by atoms with Crippen LogP contribution < -0.4 is 19.5 Å². The summed E-state index contributed by atoms with van der Waals surface area (Å²) < 4.78 is 15.7. The van der Waals surface area contributed by atoms with E-state index < -0.39 is 0 Å². The molecule has 1 heterocycles. The van der Waals surface area contributed by atoms with E-state index >= 15 is 0 Å². The Morgan fingerprint density at radius 1 is 1.00 bits per heavy atom. The van der Waals surface area contributed by atoms with Gasteiger partial charge in [-0.05, 0) is 42.7 Å². The van der Waals surface area contributed by atoms with Crippen LogP contribution in [-0.2, 0) is 0 Å². The first kappa shape index (κ1) is 17.9. The van der Waals surface area contributed by atoms with Gasteiger partial charge in [0.25, 0.3) is 0 Å². The number of anilines is 1. The predicted octanol–water partition coefficient (Wildman–Crippen LogP) is 4.08. The van der Waals surface area contributed by atoms with Crippen LogP contribution in [0.3, 0.4) is 0 Å². The first-order valence-electron chi connectivity index (χ1n) is 8.60. The van der Waals surface area contributed by atoms with Gasteiger partial charge in [-0.15, -0.1) is 0 Å². The summed E-state index contributed by atoms with van der Waals surface area (Å²) in [4.78, 5) is 14.7. The monoisotopic (exact) mass is 356 g/mol. The number of rotatable bonds is 5. The average Bonchev–Trinajstić information content (AvgIpc) is 3.18. The summed E-state index contributed by atoms with van der Waals surface area (Å²) in [6, 6.07) is 13.2. The largest absolute Gasteiger partial charge is 0.497 e. The number of ether oxygens (including phenoxy) is 3. The van der Waals surface area contributed by atoms with Gasteiger partial charge >= 0.3 is 6.03 Å². The second-order valence-electron chi connectivity index (χ2n) is 6.12. The van der Waals surface area contributed by atoms with E-state index in [-0.39, 0.29) is 12.1 Å². The molecule has 2 amide bonds. The van der Waals surface area contributed by atoms with Crippen molar-refractivity contribution in [2.45, 2.75) is 18.9 Å². The third-order valence-electron chi connectivity index (χ3n) is 4.65. The molecule has 0 aromatic heterocycles. The second-order valence-corrected chi connectivity index (χ2v) is 6.12. The Bertz CT molecular complexity index is 761. The lowest BCUT2D eigenvalue weighted by Crippen LogP contribution is -2.34. The Balaban J connectivity index is 1.74. The van der Waals surface area contributed by atoms with Crippen molar-refractivity contribution in [2.75, 3.05) is 33.2 Å². The molecule has 0 bridgehead atoms. The summed E-state index contributed by atoms with van der Waals surface area (Å²) in [5.41, 5.74) is 1.79. The molecule has 6 nitrogen and oxygen atoms in total. The van der Waals surface area contributed by atoms with E-state index in [9.17, 15) is 4.79 Å². The molecule has 0 spiro atoms. The van der Waals surface area contributed by atoms with Crippen molar-refractivity contribution in [1.82, 2.24) is 4.90 Å². The molecule has 0 aliphatic carbocycles. The van der Waals surface area contributed by atoms with Crippen molar-refractivity contribution < 1.29 is 19.0 Å². The molecule has 0 unspecified atom stereocenters. The Morgan fingerprint density at radius 2 is 1.73 bits per heavy atom. The van der Waals surface area contributed by atoms with Gasteiger partial charge in [0.05, 0.1) is 27.4 Å². The predicted molar refractivity (Wildman–Crippen MR) is 100 cm³/mol. The molecule has 6 heteroatoms. The number of benzene rings is 2. The summed E-state index contributed by atoms with van der Waals surface area (Å²) in [6.07, 6.45) is 1.93. The smallest absolute Gasteiger partial charge is 0.322 e. The van der Waals surface area contributed by atoms with Crippen LogP contribution in [-0.4, -0.2) is 38.8 Å². The van der Waals surface area contributed by atoms with Crippen LogP contribution in [0.15, 0.2) is 42.5 Å². The number of amides is 2. The highest BCUT2D eigenvalue weighted by molar-refractivity contribution is 5.90. The number of urea groups is 1. The van der Waals surface area contributed by atoms with Crippen molar-refractivity contribution in [1.29, 1.82) is 0 Å². The van der Waals surface area contributed by atoms with E-state index in [1.54, 1.807) is 39.5 Å². The van der Waals surface area contributed by atoms with Crippen molar-refractivity contribution in [3.63, 3.8) is 0 Å². The highest BCUT2D eigenvalue weighted by Crippen LogP contribution is 2.34. The molecule has 1 saturated heterocycles. The van der Waals surface area contributed by atoms with E-state index in [2.05, 4.69) is 5.32 Å². The number of nitrogens with one attached hydrogen (secondary N) is 1. The molecule has 1 aliphatic rings. The fraction of sp³-hybridized carbons (Fsp3) is 0.350. The normalized spacial score (nSPS) is 16.3. The zero-order valence-electron chi connectivity index (χ0n) is 15.3. The number of hydrogen-bond acceptors (Lipinski definition) is 4. The minimum absolute atomic E-state index is 0.0704. The van der Waals surface area contributed by atoms with Crippen LogP contribution in [0.5, 0.6) is 17.2 Å². The van der Waals surface area contributed by atoms with Crippen molar-refractivity contribution in [3.8, 4) is 17.2 Å². The summed E-state index contributed by atoms with van der Waals surface area (Å²) in [5.74, 6) is 2.02. The van der Waals surface area contributed by atoms with Crippen LogP contribution in [0.4, 0.5) is 10.5 Å². The maximum Gasteiger partial charge on any atom is 0.322 e. The molecule has 1 atom stereocenters. The number of carbonyl (C=O) groups is 1. The lowest BCUT2D eigenvalue weighted by atomic mass is 10.0. The maximum absolute atomic E-state index is 12.8. The van der Waals surface area contributed by atoms with Gasteiger partial charge in [0.2, 0.25) is 0 Å². The number of carbonyl (C=O) groups excluding carboxylic acids is 1. The highest BCUT2D eigenvalue weighted by atomic mass is 16.5. The van der Waals surface area contributed by atoms with Crippen molar-refractivity contribution >= 4 is 11.7 Å². The third-order valence-corrected chi connectivity index (χ3v) is 4.65. The van der Waals surface area contributed by atoms with Gasteiger partial charge < -0.3 is 24.4 Å². The summed E-state index contributed by atoms with van der Waals surface area (Å²) in [5, 5.41) is 2.96. The molecule has 3 rings (SSSR count). The quantitative estimate of drug-likeness (QED) is 0.877. The second kappa shape index (κ2) is 7.99. The summed E-state index contributed by atoms with van der Waals surface area (Å²) in [7, 11) is 4.80. The van der Waals surface area contributed by atoms with E-state index in [4.69, 9.17) is 14.2 Å². The van der Waals surface area contributed by atoms with Gasteiger partial charge in [0.15, 0.2) is 11.5 Å². The van der Waals surface area contributed by atoms with Crippen LogP contribution >= 0.6 is 0 Å². The van der Waals surface area contributed by atoms with Crippen molar-refractivity contribution in [2.24, 2.45) is 0 Å². The Labute approximate surface area is 153 Å². The van der Waals surface area contributed by atoms with E-state index in [1.807, 2.05) is 29.2 Å². The fourth-order valence-corrected chi connectivity index (χ4v) is 3.29. The van der Waals surface area contributed by atoms with Gasteiger partial charge in [0.1, 0.15) is 5.75 Å². The van der Waals surface area contributed by atoms with E-state index in [0.29, 0.717) is 17.2 Å². The molecular formula is C20H24N2O4. The topological polar surface area (TPSA) is 60.0 Å². The molecule has 138 valence electrons. The fourth-order valence-electron chi connectivity index (χ4n) is 3.29.